The third-order valence-corrected chi connectivity index (χ3v) is 3.70. The van der Waals surface area contributed by atoms with E-state index in [0.29, 0.717) is 13.2 Å². The Morgan fingerprint density at radius 2 is 2.25 bits per heavy atom. The van der Waals surface area contributed by atoms with Gasteiger partial charge >= 0.3 is 0 Å². The molecule has 0 aromatic carbocycles. The summed E-state index contributed by atoms with van der Waals surface area (Å²) in [5.74, 6) is 1.63. The van der Waals surface area contributed by atoms with Gasteiger partial charge in [0.2, 0.25) is 0 Å². The van der Waals surface area contributed by atoms with Crippen LogP contribution in [0.5, 0.6) is 0 Å². The van der Waals surface area contributed by atoms with Gasteiger partial charge in [0.25, 0.3) is 0 Å². The maximum atomic E-state index is 5.66. The third-order valence-electron chi connectivity index (χ3n) is 2.76. The Morgan fingerprint density at radius 1 is 1.35 bits per heavy atom. The number of hydrogen-bond donors (Lipinski definition) is 1. The number of rotatable bonds is 8. The summed E-state index contributed by atoms with van der Waals surface area (Å²) >= 11 is 1.76. The van der Waals surface area contributed by atoms with E-state index in [1.165, 1.54) is 4.88 Å². The van der Waals surface area contributed by atoms with E-state index in [-0.39, 0.29) is 0 Å². The Kier molecular flexibility index (Phi) is 5.95. The second-order valence-corrected chi connectivity index (χ2v) is 5.65. The van der Waals surface area contributed by atoms with Crippen molar-refractivity contribution in [3.05, 3.63) is 40.0 Å². The fourth-order valence-electron chi connectivity index (χ4n) is 1.83. The highest BCUT2D eigenvalue weighted by molar-refractivity contribution is 7.09. The maximum absolute atomic E-state index is 5.66. The van der Waals surface area contributed by atoms with Crippen molar-refractivity contribution in [1.29, 1.82) is 0 Å². The van der Waals surface area contributed by atoms with Crippen molar-refractivity contribution in [1.82, 2.24) is 9.97 Å². The minimum atomic E-state index is 0.466. The number of anilines is 1. The van der Waals surface area contributed by atoms with Crippen molar-refractivity contribution in [3.63, 3.8) is 0 Å². The lowest BCUT2D eigenvalue weighted by molar-refractivity contribution is 0.118. The average Bonchev–Trinajstić information content (AvgIpc) is 2.94. The van der Waals surface area contributed by atoms with Gasteiger partial charge in [0.15, 0.2) is 5.82 Å². The predicted molar refractivity (Wildman–Crippen MR) is 83.2 cm³/mol. The molecule has 2 rings (SSSR count). The van der Waals surface area contributed by atoms with E-state index in [2.05, 4.69) is 39.7 Å². The topological polar surface area (TPSA) is 47.0 Å². The quantitative estimate of drug-likeness (QED) is 0.757. The monoisotopic (exact) mass is 291 g/mol. The zero-order valence-electron chi connectivity index (χ0n) is 12.1. The number of aromatic nitrogens is 2. The fourth-order valence-corrected chi connectivity index (χ4v) is 2.52. The molecule has 0 amide bonds. The van der Waals surface area contributed by atoms with Gasteiger partial charge in [0.1, 0.15) is 12.4 Å². The Hall–Kier alpha value is -1.46. The van der Waals surface area contributed by atoms with Crippen molar-refractivity contribution < 1.29 is 4.74 Å². The second kappa shape index (κ2) is 7.97. The first kappa shape index (κ1) is 14.9. The van der Waals surface area contributed by atoms with Gasteiger partial charge < -0.3 is 10.1 Å². The van der Waals surface area contributed by atoms with Crippen LogP contribution in [0, 0.1) is 6.92 Å². The SMILES string of the molecule is CCCNc1cc(C)nc(COCCc2cccs2)n1. The van der Waals surface area contributed by atoms with Gasteiger partial charge in [-0.1, -0.05) is 13.0 Å². The van der Waals surface area contributed by atoms with Gasteiger partial charge in [0.05, 0.1) is 6.61 Å². The van der Waals surface area contributed by atoms with Crippen LogP contribution in [0.25, 0.3) is 0 Å². The van der Waals surface area contributed by atoms with Gasteiger partial charge in [-0.3, -0.25) is 0 Å². The molecule has 0 aliphatic rings. The minimum Gasteiger partial charge on any atom is -0.373 e. The van der Waals surface area contributed by atoms with Crippen LogP contribution in [-0.4, -0.2) is 23.1 Å². The largest absolute Gasteiger partial charge is 0.373 e. The summed E-state index contributed by atoms with van der Waals surface area (Å²) in [7, 11) is 0. The molecule has 0 atom stereocenters. The molecule has 108 valence electrons. The van der Waals surface area contributed by atoms with E-state index in [1.54, 1.807) is 11.3 Å². The van der Waals surface area contributed by atoms with E-state index >= 15 is 0 Å². The Labute approximate surface area is 124 Å². The van der Waals surface area contributed by atoms with Gasteiger partial charge in [0, 0.05) is 29.6 Å². The van der Waals surface area contributed by atoms with E-state index in [0.717, 1.165) is 36.7 Å². The summed E-state index contributed by atoms with van der Waals surface area (Å²) < 4.78 is 5.66. The Morgan fingerprint density at radius 3 is 3.00 bits per heavy atom. The normalized spacial score (nSPS) is 10.7. The molecule has 1 N–H and O–H groups in total. The Bertz CT molecular complexity index is 514. The molecule has 5 heteroatoms. The number of hydrogen-bond acceptors (Lipinski definition) is 5. The molecule has 2 aromatic rings. The van der Waals surface area contributed by atoms with Crippen LogP contribution in [0.2, 0.25) is 0 Å². The average molecular weight is 291 g/mol. The maximum Gasteiger partial charge on any atom is 0.156 e. The highest BCUT2D eigenvalue weighted by Gasteiger charge is 2.02. The van der Waals surface area contributed by atoms with E-state index in [4.69, 9.17) is 4.74 Å². The third kappa shape index (κ3) is 4.90. The van der Waals surface area contributed by atoms with E-state index < -0.39 is 0 Å². The number of nitrogens with zero attached hydrogens (tertiary/aromatic N) is 2. The molecule has 0 spiro atoms. The summed E-state index contributed by atoms with van der Waals surface area (Å²) in [6.07, 6.45) is 2.03. The van der Waals surface area contributed by atoms with Crippen molar-refractivity contribution in [3.8, 4) is 0 Å². The highest BCUT2D eigenvalue weighted by Crippen LogP contribution is 2.10. The number of thiophene rings is 1. The van der Waals surface area contributed by atoms with Crippen LogP contribution in [0.3, 0.4) is 0 Å². The van der Waals surface area contributed by atoms with Gasteiger partial charge in [-0.15, -0.1) is 11.3 Å². The van der Waals surface area contributed by atoms with E-state index in [1.807, 2.05) is 13.0 Å². The zero-order valence-corrected chi connectivity index (χ0v) is 12.9. The molecule has 0 unspecified atom stereocenters. The molecule has 0 saturated carbocycles. The van der Waals surface area contributed by atoms with Crippen LogP contribution in [-0.2, 0) is 17.8 Å². The summed E-state index contributed by atoms with van der Waals surface area (Å²) in [6, 6.07) is 6.16. The smallest absolute Gasteiger partial charge is 0.156 e. The van der Waals surface area contributed by atoms with Crippen LogP contribution in [0.15, 0.2) is 23.6 Å². The Balaban J connectivity index is 1.80. The van der Waals surface area contributed by atoms with Crippen molar-refractivity contribution in [2.45, 2.75) is 33.3 Å². The van der Waals surface area contributed by atoms with Crippen LogP contribution < -0.4 is 5.32 Å². The molecule has 2 aromatic heterocycles. The molecule has 20 heavy (non-hydrogen) atoms. The lowest BCUT2D eigenvalue weighted by Gasteiger charge is -2.08. The van der Waals surface area contributed by atoms with Crippen molar-refractivity contribution in [2.24, 2.45) is 0 Å². The molecule has 2 heterocycles. The standard InChI is InChI=1S/C15H21N3OS/c1-3-7-16-14-10-12(2)17-15(18-14)11-19-8-6-13-5-4-9-20-13/h4-5,9-10H,3,6-8,11H2,1-2H3,(H,16,17,18). The molecule has 0 fully saturated rings. The van der Waals surface area contributed by atoms with Crippen LogP contribution in [0.4, 0.5) is 5.82 Å². The zero-order chi connectivity index (χ0) is 14.2. The predicted octanol–water partition coefficient (Wildman–Crippen LogP) is 3.43. The molecular formula is C15H21N3OS. The second-order valence-electron chi connectivity index (χ2n) is 4.62. The number of ether oxygens (including phenoxy) is 1. The number of nitrogens with one attached hydrogen (secondary N) is 1. The van der Waals surface area contributed by atoms with Crippen LogP contribution in [0.1, 0.15) is 29.7 Å². The highest BCUT2D eigenvalue weighted by atomic mass is 32.1. The summed E-state index contributed by atoms with van der Waals surface area (Å²) in [5, 5.41) is 5.37. The first-order valence-corrected chi connectivity index (χ1v) is 7.84. The van der Waals surface area contributed by atoms with Crippen molar-refractivity contribution >= 4 is 17.2 Å². The molecule has 0 radical (unpaired) electrons. The molecule has 4 nitrogen and oxygen atoms in total. The van der Waals surface area contributed by atoms with E-state index in [9.17, 15) is 0 Å². The molecular weight excluding hydrogens is 270 g/mol. The first-order valence-electron chi connectivity index (χ1n) is 6.96. The first-order chi connectivity index (χ1) is 9.78. The summed E-state index contributed by atoms with van der Waals surface area (Å²) in [4.78, 5) is 10.2. The summed E-state index contributed by atoms with van der Waals surface area (Å²) in [5.41, 5.74) is 0.968. The molecule has 0 aliphatic carbocycles. The summed E-state index contributed by atoms with van der Waals surface area (Å²) in [6.45, 7) is 6.21. The van der Waals surface area contributed by atoms with Gasteiger partial charge in [-0.2, -0.15) is 0 Å². The van der Waals surface area contributed by atoms with Gasteiger partial charge in [-0.05, 0) is 24.8 Å². The number of aryl methyl sites for hydroxylation is 1. The van der Waals surface area contributed by atoms with Crippen molar-refractivity contribution in [2.75, 3.05) is 18.5 Å². The molecule has 0 bridgehead atoms. The fraction of sp³-hybridized carbons (Fsp3) is 0.467. The lowest BCUT2D eigenvalue weighted by atomic mass is 10.3. The van der Waals surface area contributed by atoms with Gasteiger partial charge in [-0.25, -0.2) is 9.97 Å². The lowest BCUT2D eigenvalue weighted by Crippen LogP contribution is -2.08. The minimum absolute atomic E-state index is 0.466. The van der Waals surface area contributed by atoms with Crippen LogP contribution >= 0.6 is 11.3 Å². The molecule has 0 aliphatic heterocycles. The molecule has 0 saturated heterocycles.